The first-order valence-electron chi connectivity index (χ1n) is 10.0. The van der Waals surface area contributed by atoms with E-state index in [9.17, 15) is 14.0 Å². The third-order valence-corrected chi connectivity index (χ3v) is 5.48. The summed E-state index contributed by atoms with van der Waals surface area (Å²) < 4.78 is 13.3. The van der Waals surface area contributed by atoms with E-state index in [2.05, 4.69) is 6.58 Å². The molecule has 0 radical (unpaired) electrons. The van der Waals surface area contributed by atoms with Crippen LogP contribution in [0.1, 0.15) is 42.5 Å². The number of carbonyl (C=O) groups is 2. The van der Waals surface area contributed by atoms with Crippen LogP contribution in [0.15, 0.2) is 49.1 Å². The van der Waals surface area contributed by atoms with E-state index in [1.54, 1.807) is 39.3 Å². The molecule has 1 heterocycles. The van der Waals surface area contributed by atoms with Crippen LogP contribution in [0.4, 0.5) is 4.39 Å². The molecule has 2 rings (SSSR count). The van der Waals surface area contributed by atoms with Gasteiger partial charge in [-0.1, -0.05) is 39.0 Å². The van der Waals surface area contributed by atoms with E-state index in [0.29, 0.717) is 26.1 Å². The summed E-state index contributed by atoms with van der Waals surface area (Å²) in [6, 6.07) is 10.2. The lowest BCUT2D eigenvalue weighted by Gasteiger charge is -2.29. The Hall–Kier alpha value is -2.47. The van der Waals surface area contributed by atoms with Gasteiger partial charge in [0.1, 0.15) is 12.4 Å². The number of hydrogen-bond donors (Lipinski definition) is 0. The Bertz CT molecular complexity index is 868. The highest BCUT2D eigenvalue weighted by molar-refractivity contribution is 7.11. The van der Waals surface area contributed by atoms with Crippen molar-refractivity contribution >= 4 is 23.2 Å². The van der Waals surface area contributed by atoms with Gasteiger partial charge >= 0.3 is 0 Å². The number of carbonyl (C=O) groups excluding carboxylic acids is 2. The first-order chi connectivity index (χ1) is 14.1. The van der Waals surface area contributed by atoms with E-state index in [4.69, 9.17) is 0 Å². The Labute approximate surface area is 183 Å². The zero-order valence-corrected chi connectivity index (χ0v) is 19.1. The standard InChI is InChI=1S/C24H31FN2O2S/c1-6-13-26(22(28)14-24(3,4)5)17-23(29)27(16-21-12-7-18(2)30-21)15-19-8-10-20(25)11-9-19/h6-12H,1,13-17H2,2-5H3. The van der Waals surface area contributed by atoms with Crippen molar-refractivity contribution in [2.75, 3.05) is 13.1 Å². The Morgan fingerprint density at radius 2 is 1.70 bits per heavy atom. The molecule has 2 amide bonds. The van der Waals surface area contributed by atoms with Gasteiger partial charge in [-0.05, 0) is 42.2 Å². The SMILES string of the molecule is C=CCN(CC(=O)N(Cc1ccc(F)cc1)Cc1ccc(C)s1)C(=O)CC(C)(C)C. The molecule has 1 aromatic heterocycles. The van der Waals surface area contributed by atoms with Gasteiger partial charge in [-0.2, -0.15) is 0 Å². The van der Waals surface area contributed by atoms with Crippen LogP contribution in [0, 0.1) is 18.2 Å². The number of nitrogens with zero attached hydrogens (tertiary/aromatic N) is 2. The highest BCUT2D eigenvalue weighted by Crippen LogP contribution is 2.21. The summed E-state index contributed by atoms with van der Waals surface area (Å²) in [6.07, 6.45) is 2.00. The fourth-order valence-electron chi connectivity index (χ4n) is 3.04. The quantitative estimate of drug-likeness (QED) is 0.515. The van der Waals surface area contributed by atoms with Crippen molar-refractivity contribution in [3.05, 3.63) is 70.2 Å². The summed E-state index contributed by atoms with van der Waals surface area (Å²) in [6.45, 7) is 12.9. The van der Waals surface area contributed by atoms with Crippen molar-refractivity contribution in [2.45, 2.75) is 47.2 Å². The summed E-state index contributed by atoms with van der Waals surface area (Å²) in [7, 11) is 0. The number of benzene rings is 1. The first kappa shape index (κ1) is 23.8. The molecule has 1 aromatic carbocycles. The second-order valence-electron chi connectivity index (χ2n) is 8.69. The molecule has 0 N–H and O–H groups in total. The monoisotopic (exact) mass is 430 g/mol. The second kappa shape index (κ2) is 10.5. The zero-order valence-electron chi connectivity index (χ0n) is 18.3. The van der Waals surface area contributed by atoms with Crippen LogP contribution in [0.25, 0.3) is 0 Å². The van der Waals surface area contributed by atoms with Crippen molar-refractivity contribution in [3.8, 4) is 0 Å². The molecule has 0 aliphatic heterocycles. The minimum Gasteiger partial charge on any atom is -0.332 e. The Morgan fingerprint density at radius 3 is 2.23 bits per heavy atom. The molecule has 0 unspecified atom stereocenters. The minimum absolute atomic E-state index is 0.00745. The van der Waals surface area contributed by atoms with Gasteiger partial charge in [0.25, 0.3) is 0 Å². The van der Waals surface area contributed by atoms with Gasteiger partial charge in [0.2, 0.25) is 11.8 Å². The van der Waals surface area contributed by atoms with Crippen LogP contribution in [-0.4, -0.2) is 34.7 Å². The molecule has 0 saturated heterocycles. The first-order valence-corrected chi connectivity index (χ1v) is 10.9. The second-order valence-corrected chi connectivity index (χ2v) is 10.1. The van der Waals surface area contributed by atoms with Crippen molar-refractivity contribution in [1.82, 2.24) is 9.80 Å². The maximum Gasteiger partial charge on any atom is 0.242 e. The lowest BCUT2D eigenvalue weighted by molar-refractivity contribution is -0.141. The van der Waals surface area contributed by atoms with Gasteiger partial charge in [-0.15, -0.1) is 17.9 Å². The molecule has 0 aliphatic carbocycles. The third kappa shape index (κ3) is 7.75. The lowest BCUT2D eigenvalue weighted by atomic mass is 9.91. The summed E-state index contributed by atoms with van der Waals surface area (Å²) in [5, 5.41) is 0. The average molecular weight is 431 g/mol. The number of rotatable bonds is 9. The fraction of sp³-hybridized carbons (Fsp3) is 0.417. The van der Waals surface area contributed by atoms with E-state index in [1.807, 2.05) is 39.8 Å². The van der Waals surface area contributed by atoms with E-state index >= 15 is 0 Å². The predicted octanol–water partition coefficient (Wildman–Crippen LogP) is 5.18. The molecule has 30 heavy (non-hydrogen) atoms. The average Bonchev–Trinajstić information content (AvgIpc) is 3.06. The van der Waals surface area contributed by atoms with E-state index < -0.39 is 0 Å². The molecule has 0 fully saturated rings. The van der Waals surface area contributed by atoms with Crippen molar-refractivity contribution < 1.29 is 14.0 Å². The van der Waals surface area contributed by atoms with Gasteiger partial charge in [-0.25, -0.2) is 4.39 Å². The fourth-order valence-corrected chi connectivity index (χ4v) is 3.95. The van der Waals surface area contributed by atoms with Crippen molar-refractivity contribution in [2.24, 2.45) is 5.41 Å². The van der Waals surface area contributed by atoms with E-state index in [-0.39, 0.29) is 29.6 Å². The lowest BCUT2D eigenvalue weighted by Crippen LogP contribution is -2.43. The van der Waals surface area contributed by atoms with Crippen molar-refractivity contribution in [3.63, 3.8) is 0 Å². The summed E-state index contributed by atoms with van der Waals surface area (Å²) in [5.74, 6) is -0.519. The van der Waals surface area contributed by atoms with Crippen LogP contribution in [0.2, 0.25) is 0 Å². The van der Waals surface area contributed by atoms with Crippen LogP contribution in [-0.2, 0) is 22.7 Å². The maximum absolute atomic E-state index is 13.3. The van der Waals surface area contributed by atoms with Gasteiger partial charge in [0.15, 0.2) is 0 Å². The van der Waals surface area contributed by atoms with Crippen LogP contribution >= 0.6 is 11.3 Å². The summed E-state index contributed by atoms with van der Waals surface area (Å²) >= 11 is 1.64. The predicted molar refractivity (Wildman–Crippen MR) is 121 cm³/mol. The summed E-state index contributed by atoms with van der Waals surface area (Å²) in [4.78, 5) is 31.5. The molecular formula is C24H31FN2O2S. The molecule has 0 aliphatic rings. The highest BCUT2D eigenvalue weighted by Gasteiger charge is 2.25. The van der Waals surface area contributed by atoms with Gasteiger partial charge in [-0.3, -0.25) is 9.59 Å². The molecule has 0 atom stereocenters. The van der Waals surface area contributed by atoms with Gasteiger partial charge in [0, 0.05) is 29.3 Å². The van der Waals surface area contributed by atoms with Crippen LogP contribution in [0.3, 0.4) is 0 Å². The van der Waals surface area contributed by atoms with Gasteiger partial charge in [0.05, 0.1) is 6.54 Å². The Morgan fingerprint density at radius 1 is 1.03 bits per heavy atom. The smallest absolute Gasteiger partial charge is 0.242 e. The maximum atomic E-state index is 13.3. The molecule has 0 spiro atoms. The number of thiophene rings is 1. The topological polar surface area (TPSA) is 40.6 Å². The Kier molecular flexibility index (Phi) is 8.35. The molecule has 162 valence electrons. The van der Waals surface area contributed by atoms with Crippen molar-refractivity contribution in [1.29, 1.82) is 0 Å². The highest BCUT2D eigenvalue weighted by atomic mass is 32.1. The molecule has 0 bridgehead atoms. The van der Waals surface area contributed by atoms with Crippen LogP contribution < -0.4 is 0 Å². The largest absolute Gasteiger partial charge is 0.332 e. The minimum atomic E-state index is -0.310. The molecule has 4 nitrogen and oxygen atoms in total. The molecular weight excluding hydrogens is 399 g/mol. The molecule has 6 heteroatoms. The normalized spacial score (nSPS) is 11.2. The number of halogens is 1. The molecule has 0 saturated carbocycles. The zero-order chi connectivity index (χ0) is 22.3. The third-order valence-electron chi connectivity index (χ3n) is 4.49. The van der Waals surface area contributed by atoms with Gasteiger partial charge < -0.3 is 9.80 Å². The Balaban J connectivity index is 2.19. The van der Waals surface area contributed by atoms with E-state index in [1.165, 1.54) is 17.0 Å². The van der Waals surface area contributed by atoms with Crippen LogP contribution in [0.5, 0.6) is 0 Å². The number of amides is 2. The molecule has 2 aromatic rings. The summed E-state index contributed by atoms with van der Waals surface area (Å²) in [5.41, 5.74) is 0.677. The number of aryl methyl sites for hydroxylation is 1. The van der Waals surface area contributed by atoms with E-state index in [0.717, 1.165) is 10.4 Å². The number of hydrogen-bond acceptors (Lipinski definition) is 3.